The predicted octanol–water partition coefficient (Wildman–Crippen LogP) is 3.43. The van der Waals surface area contributed by atoms with Gasteiger partial charge in [-0.15, -0.1) is 0 Å². The van der Waals surface area contributed by atoms with Gasteiger partial charge in [-0.05, 0) is 19.3 Å². The standard InChI is InChI=1S/C9H15F3OS/c1-7(13)14-6-5-8(10)3-2-4-9(11)12/h8-9H,2-6H2,1H3. The summed E-state index contributed by atoms with van der Waals surface area (Å²) in [5.41, 5.74) is 0. The third kappa shape index (κ3) is 9.89. The van der Waals surface area contributed by atoms with Gasteiger partial charge in [-0.1, -0.05) is 11.8 Å². The maximum Gasteiger partial charge on any atom is 0.238 e. The van der Waals surface area contributed by atoms with E-state index in [0.717, 1.165) is 11.8 Å². The summed E-state index contributed by atoms with van der Waals surface area (Å²) in [7, 11) is 0. The van der Waals surface area contributed by atoms with Crippen LogP contribution in [0.5, 0.6) is 0 Å². The molecule has 1 nitrogen and oxygen atoms in total. The normalized spacial score (nSPS) is 13.2. The average molecular weight is 228 g/mol. The van der Waals surface area contributed by atoms with Gasteiger partial charge in [0.1, 0.15) is 6.17 Å². The van der Waals surface area contributed by atoms with Crippen molar-refractivity contribution in [2.75, 3.05) is 5.75 Å². The summed E-state index contributed by atoms with van der Waals surface area (Å²) in [4.78, 5) is 10.5. The minimum Gasteiger partial charge on any atom is -0.288 e. The van der Waals surface area contributed by atoms with Crippen molar-refractivity contribution in [1.29, 1.82) is 0 Å². The quantitative estimate of drug-likeness (QED) is 0.664. The molecule has 0 rings (SSSR count). The molecule has 1 atom stereocenters. The van der Waals surface area contributed by atoms with E-state index in [1.807, 2.05) is 0 Å². The minimum atomic E-state index is -2.34. The molecule has 0 aliphatic carbocycles. The van der Waals surface area contributed by atoms with E-state index in [4.69, 9.17) is 0 Å². The molecule has 0 heterocycles. The molecule has 0 N–H and O–H groups in total. The first-order valence-electron chi connectivity index (χ1n) is 4.58. The number of carbonyl (C=O) groups is 1. The fourth-order valence-electron chi connectivity index (χ4n) is 0.969. The van der Waals surface area contributed by atoms with Crippen molar-refractivity contribution in [2.45, 2.75) is 45.2 Å². The number of halogens is 3. The highest BCUT2D eigenvalue weighted by Crippen LogP contribution is 2.15. The average Bonchev–Trinajstić information content (AvgIpc) is 2.02. The van der Waals surface area contributed by atoms with Gasteiger partial charge >= 0.3 is 0 Å². The molecule has 0 aliphatic heterocycles. The molecular weight excluding hydrogens is 213 g/mol. The first kappa shape index (κ1) is 13.8. The zero-order chi connectivity index (χ0) is 11.0. The molecule has 5 heteroatoms. The minimum absolute atomic E-state index is 0.0372. The molecule has 0 radical (unpaired) electrons. The molecule has 0 fully saturated rings. The van der Waals surface area contributed by atoms with E-state index in [-0.39, 0.29) is 30.8 Å². The van der Waals surface area contributed by atoms with Gasteiger partial charge in [-0.2, -0.15) is 0 Å². The van der Waals surface area contributed by atoms with Crippen LogP contribution in [0.4, 0.5) is 13.2 Å². The maximum atomic E-state index is 12.9. The molecule has 0 aromatic heterocycles. The second kappa shape index (κ2) is 8.15. The first-order valence-corrected chi connectivity index (χ1v) is 5.56. The Kier molecular flexibility index (Phi) is 8.04. The van der Waals surface area contributed by atoms with Gasteiger partial charge in [-0.25, -0.2) is 13.2 Å². The summed E-state index contributed by atoms with van der Waals surface area (Å²) in [5.74, 6) is 0.436. The predicted molar refractivity (Wildman–Crippen MR) is 52.5 cm³/mol. The summed E-state index contributed by atoms with van der Waals surface area (Å²) >= 11 is 1.07. The molecule has 0 bridgehead atoms. The van der Waals surface area contributed by atoms with Crippen LogP contribution < -0.4 is 0 Å². The van der Waals surface area contributed by atoms with Crippen molar-refractivity contribution < 1.29 is 18.0 Å². The van der Waals surface area contributed by atoms with Crippen molar-refractivity contribution in [3.05, 3.63) is 0 Å². The zero-order valence-corrected chi connectivity index (χ0v) is 8.96. The van der Waals surface area contributed by atoms with Crippen LogP contribution in [0, 0.1) is 0 Å². The molecule has 84 valence electrons. The molecule has 0 saturated carbocycles. The molecule has 0 aliphatic rings. The van der Waals surface area contributed by atoms with Crippen LogP contribution in [0.3, 0.4) is 0 Å². The number of hydrogen-bond acceptors (Lipinski definition) is 2. The summed E-state index contributed by atoms with van der Waals surface area (Å²) < 4.78 is 36.3. The van der Waals surface area contributed by atoms with Crippen LogP contribution in [-0.2, 0) is 4.79 Å². The summed E-state index contributed by atoms with van der Waals surface area (Å²) in [5, 5.41) is -0.0372. The van der Waals surface area contributed by atoms with E-state index in [9.17, 15) is 18.0 Å². The molecule has 1 unspecified atom stereocenters. The SMILES string of the molecule is CC(=O)SCCC(F)CCCC(F)F. The lowest BCUT2D eigenvalue weighted by atomic mass is 10.1. The van der Waals surface area contributed by atoms with Gasteiger partial charge < -0.3 is 0 Å². The summed E-state index contributed by atoms with van der Waals surface area (Å²) in [6, 6.07) is 0. The van der Waals surface area contributed by atoms with E-state index in [2.05, 4.69) is 0 Å². The van der Waals surface area contributed by atoms with Gasteiger partial charge in [0.05, 0.1) is 0 Å². The Bertz CT molecular complexity index is 164. The second-order valence-electron chi connectivity index (χ2n) is 3.05. The van der Waals surface area contributed by atoms with Crippen molar-refractivity contribution >= 4 is 16.9 Å². The molecule has 14 heavy (non-hydrogen) atoms. The van der Waals surface area contributed by atoms with Gasteiger partial charge in [0, 0.05) is 19.1 Å². The van der Waals surface area contributed by atoms with E-state index < -0.39 is 12.6 Å². The Hall–Kier alpha value is -0.190. The number of carbonyl (C=O) groups excluding carboxylic acids is 1. The number of rotatable bonds is 7. The van der Waals surface area contributed by atoms with E-state index in [1.165, 1.54) is 6.92 Å². The van der Waals surface area contributed by atoms with Gasteiger partial charge in [0.25, 0.3) is 0 Å². The van der Waals surface area contributed by atoms with Crippen molar-refractivity contribution in [3.8, 4) is 0 Å². The van der Waals surface area contributed by atoms with Crippen LogP contribution in [0.15, 0.2) is 0 Å². The topological polar surface area (TPSA) is 17.1 Å². The highest BCUT2D eigenvalue weighted by Gasteiger charge is 2.09. The fourth-order valence-corrected chi connectivity index (χ4v) is 1.63. The molecule has 0 saturated heterocycles. The number of alkyl halides is 3. The van der Waals surface area contributed by atoms with Crippen LogP contribution >= 0.6 is 11.8 Å². The second-order valence-corrected chi connectivity index (χ2v) is 4.32. The van der Waals surface area contributed by atoms with E-state index in [0.29, 0.717) is 5.75 Å². The summed E-state index contributed by atoms with van der Waals surface area (Å²) in [6.07, 6.45) is -2.98. The van der Waals surface area contributed by atoms with Crippen LogP contribution in [0.25, 0.3) is 0 Å². The van der Waals surface area contributed by atoms with Gasteiger partial charge in [-0.3, -0.25) is 4.79 Å². The lowest BCUT2D eigenvalue weighted by Crippen LogP contribution is -2.03. The molecule has 0 amide bonds. The molecular formula is C9H15F3OS. The van der Waals surface area contributed by atoms with Crippen LogP contribution in [0.1, 0.15) is 32.6 Å². The van der Waals surface area contributed by atoms with Crippen molar-refractivity contribution in [3.63, 3.8) is 0 Å². The molecule has 0 aromatic carbocycles. The van der Waals surface area contributed by atoms with Crippen molar-refractivity contribution in [2.24, 2.45) is 0 Å². The highest BCUT2D eigenvalue weighted by atomic mass is 32.2. The van der Waals surface area contributed by atoms with Crippen LogP contribution in [-0.4, -0.2) is 23.5 Å². The Morgan fingerprint density at radius 1 is 1.21 bits per heavy atom. The monoisotopic (exact) mass is 228 g/mol. The number of thioether (sulfide) groups is 1. The Labute approximate surface area is 86.4 Å². The first-order chi connectivity index (χ1) is 6.52. The highest BCUT2D eigenvalue weighted by molar-refractivity contribution is 8.13. The smallest absolute Gasteiger partial charge is 0.238 e. The lowest BCUT2D eigenvalue weighted by Gasteiger charge is -2.06. The summed E-state index contributed by atoms with van der Waals surface area (Å²) in [6.45, 7) is 1.43. The van der Waals surface area contributed by atoms with Gasteiger partial charge in [0.2, 0.25) is 6.43 Å². The molecule has 0 spiro atoms. The van der Waals surface area contributed by atoms with Gasteiger partial charge in [0.15, 0.2) is 5.12 Å². The third-order valence-corrected chi connectivity index (χ3v) is 2.52. The third-order valence-electron chi connectivity index (χ3n) is 1.68. The largest absolute Gasteiger partial charge is 0.288 e. The fraction of sp³-hybridized carbons (Fsp3) is 0.889. The number of hydrogen-bond donors (Lipinski definition) is 0. The van der Waals surface area contributed by atoms with Crippen LogP contribution in [0.2, 0.25) is 0 Å². The Morgan fingerprint density at radius 2 is 1.86 bits per heavy atom. The Balaban J connectivity index is 3.27. The molecule has 0 aromatic rings. The lowest BCUT2D eigenvalue weighted by molar-refractivity contribution is -0.109. The van der Waals surface area contributed by atoms with E-state index >= 15 is 0 Å². The zero-order valence-electron chi connectivity index (χ0n) is 8.14. The Morgan fingerprint density at radius 3 is 2.36 bits per heavy atom. The van der Waals surface area contributed by atoms with Crippen molar-refractivity contribution in [1.82, 2.24) is 0 Å². The maximum absolute atomic E-state index is 12.9. The van der Waals surface area contributed by atoms with E-state index in [1.54, 1.807) is 0 Å².